The van der Waals surface area contributed by atoms with Crippen molar-refractivity contribution in [3.8, 4) is 16.9 Å². The van der Waals surface area contributed by atoms with Gasteiger partial charge in [0.05, 0.1) is 25.4 Å². The van der Waals surface area contributed by atoms with Gasteiger partial charge < -0.3 is 4.74 Å². The van der Waals surface area contributed by atoms with Crippen molar-refractivity contribution in [3.63, 3.8) is 0 Å². The van der Waals surface area contributed by atoms with Gasteiger partial charge in [-0.25, -0.2) is 0 Å². The zero-order chi connectivity index (χ0) is 21.8. The molecule has 0 unspecified atom stereocenters. The van der Waals surface area contributed by atoms with Gasteiger partial charge in [0.2, 0.25) is 0 Å². The highest BCUT2D eigenvalue weighted by molar-refractivity contribution is 6.02. The second-order valence-corrected chi connectivity index (χ2v) is 8.07. The Hall–Kier alpha value is -3.85. The van der Waals surface area contributed by atoms with Crippen molar-refractivity contribution >= 4 is 5.71 Å². The second kappa shape index (κ2) is 9.11. The molecule has 0 bridgehead atoms. The zero-order valence-electron chi connectivity index (χ0n) is 18.2. The summed E-state index contributed by atoms with van der Waals surface area (Å²) < 4.78 is 5.35. The Morgan fingerprint density at radius 2 is 1.31 bits per heavy atom. The lowest BCUT2D eigenvalue weighted by Crippen LogP contribution is -2.19. The van der Waals surface area contributed by atoms with Crippen LogP contribution in [0.2, 0.25) is 0 Å². The Kier molecular flexibility index (Phi) is 5.71. The largest absolute Gasteiger partial charge is 0.497 e. The third-order valence-corrected chi connectivity index (χ3v) is 6.01. The third kappa shape index (κ3) is 4.28. The first-order chi connectivity index (χ1) is 15.8. The number of ether oxygens (including phenoxy) is 1. The van der Waals surface area contributed by atoms with E-state index in [-0.39, 0.29) is 6.04 Å². The molecule has 1 atom stereocenters. The highest BCUT2D eigenvalue weighted by Gasteiger charge is 2.28. The Balaban J connectivity index is 1.43. The van der Waals surface area contributed by atoms with Gasteiger partial charge in [0.1, 0.15) is 5.75 Å². The SMILES string of the molecule is COc1ccc([C@@H]2CC(c3ccc(-c4ccccc4)cc3)=NN2Cc2ccccc2)cc1. The van der Waals surface area contributed by atoms with Crippen LogP contribution in [0.1, 0.15) is 29.2 Å². The van der Waals surface area contributed by atoms with Crippen LogP contribution in [0.25, 0.3) is 11.1 Å². The lowest BCUT2D eigenvalue weighted by Gasteiger charge is -2.24. The molecule has 158 valence electrons. The van der Waals surface area contributed by atoms with Gasteiger partial charge in [-0.05, 0) is 39.9 Å². The minimum absolute atomic E-state index is 0.199. The first kappa shape index (κ1) is 20.1. The van der Waals surface area contributed by atoms with Crippen molar-refractivity contribution in [3.05, 3.63) is 126 Å². The summed E-state index contributed by atoms with van der Waals surface area (Å²) in [6, 6.07) is 38.3. The van der Waals surface area contributed by atoms with E-state index in [2.05, 4.69) is 96.0 Å². The van der Waals surface area contributed by atoms with E-state index in [1.165, 1.54) is 27.8 Å². The summed E-state index contributed by atoms with van der Waals surface area (Å²) >= 11 is 0. The Labute approximate surface area is 189 Å². The van der Waals surface area contributed by atoms with Gasteiger partial charge in [0, 0.05) is 6.42 Å². The molecule has 0 saturated heterocycles. The molecule has 32 heavy (non-hydrogen) atoms. The third-order valence-electron chi connectivity index (χ3n) is 6.01. The molecule has 1 aliphatic rings. The van der Waals surface area contributed by atoms with E-state index in [0.717, 1.165) is 24.4 Å². The Morgan fingerprint density at radius 3 is 1.97 bits per heavy atom. The summed E-state index contributed by atoms with van der Waals surface area (Å²) in [5, 5.41) is 7.29. The molecule has 4 aromatic carbocycles. The maximum atomic E-state index is 5.35. The van der Waals surface area contributed by atoms with E-state index in [9.17, 15) is 0 Å². The van der Waals surface area contributed by atoms with E-state index in [1.807, 2.05) is 18.2 Å². The fourth-order valence-electron chi connectivity index (χ4n) is 4.25. The minimum atomic E-state index is 0.199. The standard InChI is InChI=1S/C29H26N2O/c1-32-27-18-16-26(17-19-27)29-20-28(30-31(29)21-22-8-4-2-5-9-22)25-14-12-24(13-15-25)23-10-6-3-7-11-23/h2-19,29H,20-21H2,1H3/t29-/m0/s1. The molecule has 0 saturated carbocycles. The predicted molar refractivity (Wildman–Crippen MR) is 131 cm³/mol. The van der Waals surface area contributed by atoms with Crippen molar-refractivity contribution in [2.75, 3.05) is 7.11 Å². The number of nitrogens with zero attached hydrogens (tertiary/aromatic N) is 2. The average molecular weight is 419 g/mol. The van der Waals surface area contributed by atoms with Crippen LogP contribution in [-0.2, 0) is 6.54 Å². The van der Waals surface area contributed by atoms with Crippen molar-refractivity contribution in [2.45, 2.75) is 19.0 Å². The Morgan fingerprint density at radius 1 is 0.719 bits per heavy atom. The highest BCUT2D eigenvalue weighted by Crippen LogP contribution is 2.35. The van der Waals surface area contributed by atoms with Gasteiger partial charge >= 0.3 is 0 Å². The number of methoxy groups -OCH3 is 1. The lowest BCUT2D eigenvalue weighted by atomic mass is 9.96. The van der Waals surface area contributed by atoms with E-state index in [1.54, 1.807) is 7.11 Å². The minimum Gasteiger partial charge on any atom is -0.497 e. The molecule has 0 N–H and O–H groups in total. The van der Waals surface area contributed by atoms with Crippen LogP contribution >= 0.6 is 0 Å². The van der Waals surface area contributed by atoms with Gasteiger partial charge in [-0.15, -0.1) is 0 Å². The highest BCUT2D eigenvalue weighted by atomic mass is 16.5. The fraction of sp³-hybridized carbons (Fsp3) is 0.138. The summed E-state index contributed by atoms with van der Waals surface area (Å²) in [6.45, 7) is 0.781. The van der Waals surface area contributed by atoms with Crippen LogP contribution in [0.3, 0.4) is 0 Å². The summed E-state index contributed by atoms with van der Waals surface area (Å²) in [6.07, 6.45) is 0.879. The maximum absolute atomic E-state index is 5.35. The van der Waals surface area contributed by atoms with E-state index in [4.69, 9.17) is 9.84 Å². The smallest absolute Gasteiger partial charge is 0.118 e. The number of rotatable bonds is 6. The molecule has 0 fully saturated rings. The molecule has 1 aliphatic heterocycles. The van der Waals surface area contributed by atoms with E-state index in [0.29, 0.717) is 0 Å². The first-order valence-corrected chi connectivity index (χ1v) is 11.0. The van der Waals surface area contributed by atoms with Crippen molar-refractivity contribution < 1.29 is 4.74 Å². The van der Waals surface area contributed by atoms with Gasteiger partial charge in [0.25, 0.3) is 0 Å². The molecular formula is C29H26N2O. The van der Waals surface area contributed by atoms with Gasteiger partial charge in [-0.1, -0.05) is 97.1 Å². The van der Waals surface area contributed by atoms with Crippen LogP contribution < -0.4 is 4.74 Å². The maximum Gasteiger partial charge on any atom is 0.118 e. The second-order valence-electron chi connectivity index (χ2n) is 8.07. The van der Waals surface area contributed by atoms with Crippen LogP contribution in [0.15, 0.2) is 114 Å². The van der Waals surface area contributed by atoms with Crippen LogP contribution in [-0.4, -0.2) is 17.8 Å². The summed E-state index contributed by atoms with van der Waals surface area (Å²) in [4.78, 5) is 0. The van der Waals surface area contributed by atoms with Crippen LogP contribution in [0.4, 0.5) is 0 Å². The lowest BCUT2D eigenvalue weighted by molar-refractivity contribution is 0.224. The molecular weight excluding hydrogens is 392 g/mol. The normalized spacial score (nSPS) is 15.5. The average Bonchev–Trinajstić information content (AvgIpc) is 3.29. The Bertz CT molecular complexity index is 1180. The quantitative estimate of drug-likeness (QED) is 0.347. The summed E-state index contributed by atoms with van der Waals surface area (Å²) in [5.41, 5.74) is 7.27. The van der Waals surface area contributed by atoms with Gasteiger partial charge in [-0.2, -0.15) is 5.10 Å². The summed E-state index contributed by atoms with van der Waals surface area (Å²) in [5.74, 6) is 0.874. The summed E-state index contributed by atoms with van der Waals surface area (Å²) in [7, 11) is 1.70. The molecule has 5 rings (SSSR count). The fourth-order valence-corrected chi connectivity index (χ4v) is 4.25. The predicted octanol–water partition coefficient (Wildman–Crippen LogP) is 6.71. The number of hydrogen-bond acceptors (Lipinski definition) is 3. The van der Waals surface area contributed by atoms with Crippen molar-refractivity contribution in [1.29, 1.82) is 0 Å². The van der Waals surface area contributed by atoms with Gasteiger partial charge in [0.15, 0.2) is 0 Å². The zero-order valence-corrected chi connectivity index (χ0v) is 18.2. The van der Waals surface area contributed by atoms with E-state index >= 15 is 0 Å². The number of hydrazone groups is 1. The van der Waals surface area contributed by atoms with Crippen LogP contribution in [0.5, 0.6) is 5.75 Å². The number of benzene rings is 4. The monoisotopic (exact) mass is 418 g/mol. The molecule has 3 heteroatoms. The molecule has 3 nitrogen and oxygen atoms in total. The molecule has 1 heterocycles. The van der Waals surface area contributed by atoms with Crippen molar-refractivity contribution in [2.24, 2.45) is 5.10 Å². The molecule has 0 radical (unpaired) electrons. The first-order valence-electron chi connectivity index (χ1n) is 11.0. The molecule has 0 aliphatic carbocycles. The number of hydrogen-bond donors (Lipinski definition) is 0. The van der Waals surface area contributed by atoms with Gasteiger partial charge in [-0.3, -0.25) is 5.01 Å². The molecule has 4 aromatic rings. The van der Waals surface area contributed by atoms with E-state index < -0.39 is 0 Å². The molecule has 0 amide bonds. The van der Waals surface area contributed by atoms with Crippen molar-refractivity contribution in [1.82, 2.24) is 5.01 Å². The topological polar surface area (TPSA) is 24.8 Å². The van der Waals surface area contributed by atoms with Crippen LogP contribution in [0, 0.1) is 0 Å². The molecule has 0 spiro atoms. The molecule has 0 aromatic heterocycles.